The number of amides is 4. The van der Waals surface area contributed by atoms with Gasteiger partial charge in [-0.2, -0.15) is 0 Å². The Morgan fingerprint density at radius 1 is 1.14 bits per heavy atom. The van der Waals surface area contributed by atoms with Gasteiger partial charge in [0, 0.05) is 44.0 Å². The molecule has 2 aromatic rings. The molecule has 1 aromatic carbocycles. The minimum absolute atomic E-state index is 0.0233. The summed E-state index contributed by atoms with van der Waals surface area (Å²) >= 11 is 0. The zero-order valence-electron chi connectivity index (χ0n) is 18.8. The number of nitrogens with zero attached hydrogens (tertiary/aromatic N) is 2. The van der Waals surface area contributed by atoms with Crippen molar-refractivity contribution in [2.24, 2.45) is 0 Å². The lowest BCUT2D eigenvalue weighted by Crippen LogP contribution is -2.38. The van der Waals surface area contributed by atoms with Crippen LogP contribution in [-0.2, 0) is 30.2 Å². The lowest BCUT2D eigenvalue weighted by atomic mass is 10.1. The van der Waals surface area contributed by atoms with Gasteiger partial charge < -0.3 is 24.4 Å². The van der Waals surface area contributed by atoms with E-state index < -0.39 is 37.0 Å². The third-order valence-corrected chi connectivity index (χ3v) is 6.05. The van der Waals surface area contributed by atoms with Gasteiger partial charge in [0.1, 0.15) is 5.58 Å². The largest absolute Gasteiger partial charge is 0.423 e. The number of urea groups is 1. The molecule has 13 nitrogen and oxygen atoms in total. The molecule has 0 saturated carbocycles. The Morgan fingerprint density at radius 3 is 2.49 bits per heavy atom. The topological polar surface area (TPSA) is 184 Å². The molecular formula is C21H24N3O10P. The third kappa shape index (κ3) is 6.98. The highest BCUT2D eigenvalue weighted by Gasteiger charge is 2.32. The maximum Gasteiger partial charge on any atom is 0.338 e. The zero-order chi connectivity index (χ0) is 25.8. The van der Waals surface area contributed by atoms with Crippen LogP contribution in [0.2, 0.25) is 0 Å². The SMILES string of the molecule is CN(C(=O)NCCCCP(=O)(O)O)c1cc(=O)oc2cc(CC(=O)ON3C(=O)CCC3=O)ccc12. The molecule has 0 bridgehead atoms. The summed E-state index contributed by atoms with van der Waals surface area (Å²) in [5, 5.41) is 3.46. The normalized spacial score (nSPS) is 13.9. The standard InChI is InChI=1S/C21H24N3O10P/c1-23(21(29)22-8-2-3-9-35(30,31)32)15-12-19(27)33-16-10-13(4-5-14(15)16)11-20(28)34-24-17(25)6-7-18(24)26/h4-5,10,12H,2-3,6-9,11H2,1H3,(H,22,29)(H2,30,31,32). The van der Waals surface area contributed by atoms with Gasteiger partial charge in [-0.25, -0.2) is 14.4 Å². The number of hydrogen-bond acceptors (Lipinski definition) is 8. The fourth-order valence-corrected chi connectivity index (χ4v) is 4.04. The van der Waals surface area contributed by atoms with Crippen LogP contribution in [0.3, 0.4) is 0 Å². The molecule has 0 aliphatic carbocycles. The molecule has 35 heavy (non-hydrogen) atoms. The van der Waals surface area contributed by atoms with Gasteiger partial charge in [0.25, 0.3) is 11.8 Å². The molecule has 4 amide bonds. The summed E-state index contributed by atoms with van der Waals surface area (Å²) in [5.41, 5.74) is -0.000361. The quantitative estimate of drug-likeness (QED) is 0.191. The summed E-state index contributed by atoms with van der Waals surface area (Å²) in [5.74, 6) is -2.04. The maximum atomic E-state index is 12.5. The van der Waals surface area contributed by atoms with E-state index in [2.05, 4.69) is 5.32 Å². The predicted octanol–water partition coefficient (Wildman–Crippen LogP) is 1.05. The Morgan fingerprint density at radius 2 is 1.83 bits per heavy atom. The molecule has 1 aromatic heterocycles. The van der Waals surface area contributed by atoms with Crippen LogP contribution >= 0.6 is 7.60 Å². The lowest BCUT2D eigenvalue weighted by Gasteiger charge is -2.19. The van der Waals surface area contributed by atoms with Crippen molar-refractivity contribution in [3.63, 3.8) is 0 Å². The van der Waals surface area contributed by atoms with E-state index >= 15 is 0 Å². The Bertz CT molecular complexity index is 1250. The molecule has 188 valence electrons. The van der Waals surface area contributed by atoms with Crippen LogP contribution in [0, 0.1) is 0 Å². The smallest absolute Gasteiger partial charge is 0.338 e. The molecule has 0 unspecified atom stereocenters. The molecule has 3 rings (SSSR count). The number of carbonyl (C=O) groups is 4. The number of benzene rings is 1. The molecule has 2 heterocycles. The molecular weight excluding hydrogens is 485 g/mol. The van der Waals surface area contributed by atoms with Gasteiger partial charge in [0.2, 0.25) is 0 Å². The summed E-state index contributed by atoms with van der Waals surface area (Å²) in [6.07, 6.45) is -0.0294. The van der Waals surface area contributed by atoms with E-state index in [9.17, 15) is 28.5 Å². The zero-order valence-corrected chi connectivity index (χ0v) is 19.7. The third-order valence-electron chi connectivity index (χ3n) is 5.15. The average Bonchev–Trinajstić information content (AvgIpc) is 3.08. The number of carbonyl (C=O) groups excluding carboxylic acids is 4. The number of fused-ring (bicyclic) bond motifs is 1. The highest BCUT2D eigenvalue weighted by atomic mass is 31.2. The monoisotopic (exact) mass is 509 g/mol. The molecule has 0 spiro atoms. The van der Waals surface area contributed by atoms with Crippen LogP contribution < -0.4 is 15.8 Å². The molecule has 0 atom stereocenters. The van der Waals surface area contributed by atoms with Crippen LogP contribution in [0.25, 0.3) is 11.0 Å². The molecule has 1 saturated heterocycles. The van der Waals surface area contributed by atoms with E-state index in [-0.39, 0.29) is 49.7 Å². The first-order chi connectivity index (χ1) is 16.4. The number of nitrogens with one attached hydrogen (secondary N) is 1. The van der Waals surface area contributed by atoms with Crippen LogP contribution in [0.5, 0.6) is 0 Å². The summed E-state index contributed by atoms with van der Waals surface area (Å²) in [7, 11) is -2.65. The van der Waals surface area contributed by atoms with Crippen molar-refractivity contribution < 1.29 is 42.8 Å². The van der Waals surface area contributed by atoms with Gasteiger partial charge in [0.05, 0.1) is 12.1 Å². The first kappa shape index (κ1) is 26.1. The van der Waals surface area contributed by atoms with E-state index in [0.717, 1.165) is 6.07 Å². The van der Waals surface area contributed by atoms with Crippen molar-refractivity contribution in [3.8, 4) is 0 Å². The van der Waals surface area contributed by atoms with Crippen molar-refractivity contribution in [2.45, 2.75) is 32.1 Å². The summed E-state index contributed by atoms with van der Waals surface area (Å²) < 4.78 is 16.1. The van der Waals surface area contributed by atoms with Crippen LogP contribution in [-0.4, -0.2) is 58.4 Å². The molecule has 3 N–H and O–H groups in total. The number of unbranched alkanes of at least 4 members (excludes halogenated alkanes) is 1. The minimum atomic E-state index is -4.09. The van der Waals surface area contributed by atoms with Gasteiger partial charge in [-0.15, -0.1) is 5.06 Å². The first-order valence-corrected chi connectivity index (χ1v) is 12.4. The molecule has 1 aliphatic rings. The Labute approximate surface area is 198 Å². The Kier molecular flexibility index (Phi) is 8.05. The van der Waals surface area contributed by atoms with Gasteiger partial charge in [-0.1, -0.05) is 6.07 Å². The van der Waals surface area contributed by atoms with Crippen molar-refractivity contribution >= 4 is 48.1 Å². The first-order valence-electron chi connectivity index (χ1n) is 10.6. The highest BCUT2D eigenvalue weighted by Crippen LogP contribution is 2.35. The van der Waals surface area contributed by atoms with E-state index in [1.165, 1.54) is 18.0 Å². The second kappa shape index (κ2) is 10.8. The lowest BCUT2D eigenvalue weighted by molar-refractivity contribution is -0.197. The maximum absolute atomic E-state index is 12.5. The molecule has 0 radical (unpaired) electrons. The van der Waals surface area contributed by atoms with Crippen molar-refractivity contribution in [2.75, 3.05) is 24.7 Å². The summed E-state index contributed by atoms with van der Waals surface area (Å²) in [6, 6.07) is 5.11. The fraction of sp³-hybridized carbons (Fsp3) is 0.381. The minimum Gasteiger partial charge on any atom is -0.423 e. The molecule has 14 heteroatoms. The van der Waals surface area contributed by atoms with E-state index in [1.807, 2.05) is 0 Å². The van der Waals surface area contributed by atoms with E-state index in [0.29, 0.717) is 22.4 Å². The van der Waals surface area contributed by atoms with Gasteiger partial charge in [-0.05, 0) is 30.5 Å². The Balaban J connectivity index is 1.68. The van der Waals surface area contributed by atoms with Gasteiger partial charge in [-0.3, -0.25) is 19.1 Å². The second-order valence-electron chi connectivity index (χ2n) is 7.89. The Hall–Kier alpha value is -3.54. The van der Waals surface area contributed by atoms with Gasteiger partial charge in [0.15, 0.2) is 0 Å². The highest BCUT2D eigenvalue weighted by molar-refractivity contribution is 7.51. The van der Waals surface area contributed by atoms with Crippen molar-refractivity contribution in [3.05, 3.63) is 40.2 Å². The van der Waals surface area contributed by atoms with E-state index in [1.54, 1.807) is 12.1 Å². The summed E-state index contributed by atoms with van der Waals surface area (Å²) in [4.78, 5) is 83.7. The number of hydroxylamine groups is 2. The van der Waals surface area contributed by atoms with Crippen LogP contribution in [0.1, 0.15) is 31.2 Å². The fourth-order valence-electron chi connectivity index (χ4n) is 3.40. The molecule has 1 aliphatic heterocycles. The van der Waals surface area contributed by atoms with Gasteiger partial charge >= 0.3 is 25.2 Å². The van der Waals surface area contributed by atoms with E-state index in [4.69, 9.17) is 19.0 Å². The van der Waals surface area contributed by atoms with Crippen LogP contribution in [0.4, 0.5) is 10.5 Å². The number of hydrogen-bond donors (Lipinski definition) is 3. The molecule has 1 fully saturated rings. The van der Waals surface area contributed by atoms with Crippen molar-refractivity contribution in [1.29, 1.82) is 0 Å². The number of rotatable bonds is 9. The van der Waals surface area contributed by atoms with Crippen LogP contribution in [0.15, 0.2) is 33.5 Å². The van der Waals surface area contributed by atoms with Crippen molar-refractivity contribution in [1.82, 2.24) is 10.4 Å². The number of anilines is 1. The average molecular weight is 509 g/mol. The number of imide groups is 1. The summed E-state index contributed by atoms with van der Waals surface area (Å²) in [6.45, 7) is 0.177. The predicted molar refractivity (Wildman–Crippen MR) is 121 cm³/mol. The second-order valence-corrected chi connectivity index (χ2v) is 9.67.